The van der Waals surface area contributed by atoms with Crippen LogP contribution in [0.5, 0.6) is 11.5 Å². The fourth-order valence-electron chi connectivity index (χ4n) is 3.78. The molecule has 9 heteroatoms. The molecule has 0 bridgehead atoms. The van der Waals surface area contributed by atoms with Crippen molar-refractivity contribution >= 4 is 17.5 Å². The number of piperidine rings is 1. The van der Waals surface area contributed by atoms with Gasteiger partial charge in [0.1, 0.15) is 17.2 Å². The van der Waals surface area contributed by atoms with E-state index in [1.807, 2.05) is 12.1 Å². The minimum atomic E-state index is -0.318. The topological polar surface area (TPSA) is 109 Å². The van der Waals surface area contributed by atoms with Gasteiger partial charge in [0.25, 0.3) is 5.91 Å². The van der Waals surface area contributed by atoms with Crippen molar-refractivity contribution in [2.75, 3.05) is 32.6 Å². The van der Waals surface area contributed by atoms with Gasteiger partial charge in [0, 0.05) is 37.1 Å². The molecular formula is C23H25N5O4. The van der Waals surface area contributed by atoms with Crippen LogP contribution >= 0.6 is 0 Å². The van der Waals surface area contributed by atoms with Crippen molar-refractivity contribution < 1.29 is 19.1 Å². The highest BCUT2D eigenvalue weighted by atomic mass is 16.5. The zero-order valence-corrected chi connectivity index (χ0v) is 18.0. The lowest BCUT2D eigenvalue weighted by Gasteiger charge is -2.31. The van der Waals surface area contributed by atoms with E-state index in [0.717, 1.165) is 12.0 Å². The number of hydrogen-bond acceptors (Lipinski definition) is 6. The molecule has 32 heavy (non-hydrogen) atoms. The number of hydrogen-bond donors (Lipinski definition) is 2. The number of ether oxygens (including phenoxy) is 2. The number of amides is 2. The van der Waals surface area contributed by atoms with Gasteiger partial charge in [0.15, 0.2) is 0 Å². The minimum Gasteiger partial charge on any atom is -0.497 e. The number of carbonyl (C=O) groups excluding carboxylic acids is 2. The summed E-state index contributed by atoms with van der Waals surface area (Å²) in [5.41, 5.74) is 2.51. The van der Waals surface area contributed by atoms with Crippen molar-refractivity contribution in [3.05, 3.63) is 54.5 Å². The molecular weight excluding hydrogens is 410 g/mol. The number of nitrogens with zero attached hydrogens (tertiary/aromatic N) is 3. The molecule has 3 heterocycles. The Bertz CT molecular complexity index is 1100. The maximum absolute atomic E-state index is 13.0. The zero-order chi connectivity index (χ0) is 22.5. The van der Waals surface area contributed by atoms with Crippen LogP contribution in [0, 0.1) is 5.92 Å². The summed E-state index contributed by atoms with van der Waals surface area (Å²) in [5.74, 6) is 0.523. The molecule has 0 radical (unpaired) electrons. The number of carbonyl (C=O) groups is 2. The zero-order valence-electron chi connectivity index (χ0n) is 18.0. The quantitative estimate of drug-likeness (QED) is 0.616. The summed E-state index contributed by atoms with van der Waals surface area (Å²) >= 11 is 0. The van der Waals surface area contributed by atoms with Gasteiger partial charge in [0.2, 0.25) is 5.91 Å². The van der Waals surface area contributed by atoms with Crippen molar-refractivity contribution in [1.82, 2.24) is 20.1 Å². The summed E-state index contributed by atoms with van der Waals surface area (Å²) in [6.07, 6.45) is 4.81. The molecule has 9 nitrogen and oxygen atoms in total. The van der Waals surface area contributed by atoms with E-state index in [-0.39, 0.29) is 17.7 Å². The summed E-state index contributed by atoms with van der Waals surface area (Å²) in [6.45, 7) is 0.935. The summed E-state index contributed by atoms with van der Waals surface area (Å²) in [5, 5.41) is 9.99. The van der Waals surface area contributed by atoms with Crippen LogP contribution in [0.15, 0.2) is 48.8 Å². The number of aromatic amines is 1. The van der Waals surface area contributed by atoms with Crippen LogP contribution in [0.25, 0.3) is 11.3 Å². The second-order valence-electron chi connectivity index (χ2n) is 7.55. The van der Waals surface area contributed by atoms with E-state index in [1.165, 1.54) is 7.11 Å². The Morgan fingerprint density at radius 1 is 1.12 bits per heavy atom. The van der Waals surface area contributed by atoms with E-state index in [9.17, 15) is 9.59 Å². The number of benzene rings is 1. The Labute approximate surface area is 185 Å². The Morgan fingerprint density at radius 3 is 2.69 bits per heavy atom. The predicted molar refractivity (Wildman–Crippen MR) is 119 cm³/mol. The van der Waals surface area contributed by atoms with Crippen LogP contribution in [0.2, 0.25) is 0 Å². The van der Waals surface area contributed by atoms with Gasteiger partial charge in [-0.3, -0.25) is 19.7 Å². The molecule has 0 aliphatic carbocycles. The van der Waals surface area contributed by atoms with Gasteiger partial charge in [-0.2, -0.15) is 5.10 Å². The normalized spacial score (nSPS) is 15.8. The molecule has 0 saturated carbocycles. The van der Waals surface area contributed by atoms with Gasteiger partial charge in [0.05, 0.1) is 31.5 Å². The van der Waals surface area contributed by atoms with Crippen molar-refractivity contribution in [3.63, 3.8) is 0 Å². The van der Waals surface area contributed by atoms with E-state index in [4.69, 9.17) is 9.47 Å². The molecule has 4 rings (SSSR count). The number of nitrogens with one attached hydrogen (secondary N) is 2. The van der Waals surface area contributed by atoms with Gasteiger partial charge < -0.3 is 19.7 Å². The van der Waals surface area contributed by atoms with Gasteiger partial charge >= 0.3 is 0 Å². The lowest BCUT2D eigenvalue weighted by atomic mass is 9.96. The Hall–Kier alpha value is -3.88. The van der Waals surface area contributed by atoms with E-state index in [2.05, 4.69) is 20.5 Å². The van der Waals surface area contributed by atoms with Crippen molar-refractivity contribution in [2.45, 2.75) is 12.8 Å². The monoisotopic (exact) mass is 435 g/mol. The lowest BCUT2D eigenvalue weighted by Crippen LogP contribution is -2.43. The Morgan fingerprint density at radius 2 is 1.94 bits per heavy atom. The van der Waals surface area contributed by atoms with Gasteiger partial charge in [-0.1, -0.05) is 0 Å². The number of pyridine rings is 1. The van der Waals surface area contributed by atoms with E-state index < -0.39 is 0 Å². The third-order valence-corrected chi connectivity index (χ3v) is 5.53. The number of likely N-dealkylation sites (tertiary alicyclic amines) is 1. The first-order valence-corrected chi connectivity index (χ1v) is 10.4. The van der Waals surface area contributed by atoms with E-state index in [1.54, 1.807) is 48.7 Å². The number of methoxy groups -OCH3 is 2. The first-order valence-electron chi connectivity index (χ1n) is 10.4. The maximum Gasteiger partial charge on any atom is 0.271 e. The molecule has 2 amide bonds. The molecule has 0 spiro atoms. The molecule has 1 aliphatic heterocycles. The van der Waals surface area contributed by atoms with E-state index >= 15 is 0 Å². The second kappa shape index (κ2) is 9.51. The number of anilines is 1. The Kier molecular flexibility index (Phi) is 6.34. The molecule has 2 aromatic heterocycles. The van der Waals surface area contributed by atoms with Crippen molar-refractivity contribution in [1.29, 1.82) is 0 Å². The van der Waals surface area contributed by atoms with Crippen LogP contribution in [0.1, 0.15) is 23.3 Å². The fraction of sp³-hybridized carbons (Fsp3) is 0.304. The highest BCUT2D eigenvalue weighted by Crippen LogP contribution is 2.30. The second-order valence-corrected chi connectivity index (χ2v) is 7.55. The maximum atomic E-state index is 13.0. The standard InChI is InChI=1S/C23H25N5O4/c1-31-17-5-6-18(21(12-17)32-2)25-22(29)16-4-3-11-28(14-16)23(30)20-13-19(26-27-20)15-7-9-24-10-8-15/h5-10,12-13,16H,3-4,11,14H2,1-2H3,(H,25,29)(H,26,27)/t16-/m0/s1. The molecule has 1 aromatic carbocycles. The Balaban J connectivity index is 1.43. The summed E-state index contributed by atoms with van der Waals surface area (Å²) < 4.78 is 10.6. The number of aromatic nitrogens is 3. The van der Waals surface area contributed by atoms with Gasteiger partial charge in [-0.15, -0.1) is 0 Å². The van der Waals surface area contributed by atoms with Crippen LogP contribution < -0.4 is 14.8 Å². The fourth-order valence-corrected chi connectivity index (χ4v) is 3.78. The molecule has 1 saturated heterocycles. The van der Waals surface area contributed by atoms with E-state index in [0.29, 0.717) is 48.1 Å². The van der Waals surface area contributed by atoms with Crippen molar-refractivity contribution in [3.8, 4) is 22.8 Å². The summed E-state index contributed by atoms with van der Waals surface area (Å²) in [4.78, 5) is 31.6. The SMILES string of the molecule is COc1ccc(NC(=O)[C@H]2CCCN(C(=O)c3cc(-c4ccncc4)n[nH]3)C2)c(OC)c1. The molecule has 2 N–H and O–H groups in total. The molecule has 1 fully saturated rings. The molecule has 166 valence electrons. The highest BCUT2D eigenvalue weighted by Gasteiger charge is 2.30. The lowest BCUT2D eigenvalue weighted by molar-refractivity contribution is -0.121. The average Bonchev–Trinajstić information content (AvgIpc) is 3.35. The minimum absolute atomic E-state index is 0.145. The first kappa shape index (κ1) is 21.4. The summed E-state index contributed by atoms with van der Waals surface area (Å²) in [6, 6.07) is 10.6. The number of H-pyrrole nitrogens is 1. The van der Waals surface area contributed by atoms with Crippen molar-refractivity contribution in [2.24, 2.45) is 5.92 Å². The third-order valence-electron chi connectivity index (χ3n) is 5.53. The largest absolute Gasteiger partial charge is 0.497 e. The third kappa shape index (κ3) is 4.56. The van der Waals surface area contributed by atoms with Crippen LogP contribution in [0.4, 0.5) is 5.69 Å². The first-order chi connectivity index (χ1) is 15.6. The summed E-state index contributed by atoms with van der Waals surface area (Å²) in [7, 11) is 3.11. The smallest absolute Gasteiger partial charge is 0.271 e. The molecule has 1 atom stereocenters. The average molecular weight is 435 g/mol. The van der Waals surface area contributed by atoms with Crippen LogP contribution in [-0.4, -0.2) is 59.2 Å². The highest BCUT2D eigenvalue weighted by molar-refractivity contribution is 5.96. The van der Waals surface area contributed by atoms with Crippen LogP contribution in [-0.2, 0) is 4.79 Å². The molecule has 3 aromatic rings. The van der Waals surface area contributed by atoms with Gasteiger partial charge in [-0.05, 0) is 43.2 Å². The van der Waals surface area contributed by atoms with Gasteiger partial charge in [-0.25, -0.2) is 0 Å². The predicted octanol–water partition coefficient (Wildman–Crippen LogP) is 2.98. The van der Waals surface area contributed by atoms with Crippen LogP contribution in [0.3, 0.4) is 0 Å². The molecule has 1 aliphatic rings. The molecule has 0 unspecified atom stereocenters. The number of rotatable bonds is 6.